The Labute approximate surface area is 207 Å². The summed E-state index contributed by atoms with van der Waals surface area (Å²) in [5, 5.41) is 2.58. The summed E-state index contributed by atoms with van der Waals surface area (Å²) in [5.74, 6) is -1.45. The zero-order valence-corrected chi connectivity index (χ0v) is 20.1. The lowest BCUT2D eigenvalue weighted by Crippen LogP contribution is -2.42. The van der Waals surface area contributed by atoms with Gasteiger partial charge in [0, 0.05) is 12.6 Å². The molecule has 1 amide bonds. The molecular formula is C23H28N8O5. The maximum Gasteiger partial charge on any atom is 0.328 e. The molecule has 0 fully saturated rings. The molecule has 190 valence electrons. The molecule has 5 N–H and O–H groups in total. The van der Waals surface area contributed by atoms with Gasteiger partial charge in [0.05, 0.1) is 25.1 Å². The first-order valence-electron chi connectivity index (χ1n) is 11.4. The molecular weight excluding hydrogens is 468 g/mol. The second-order valence-corrected chi connectivity index (χ2v) is 7.67. The average molecular weight is 497 g/mol. The Morgan fingerprint density at radius 2 is 1.75 bits per heavy atom. The fourth-order valence-electron chi connectivity index (χ4n) is 3.30. The number of nitrogens with two attached hydrogens (primary N) is 2. The Morgan fingerprint density at radius 1 is 0.972 bits per heavy atom. The van der Waals surface area contributed by atoms with Gasteiger partial charge in [0.1, 0.15) is 11.7 Å². The number of esters is 2. The highest BCUT2D eigenvalue weighted by molar-refractivity contribution is 5.95. The minimum Gasteiger partial charge on any atom is -0.466 e. The van der Waals surface area contributed by atoms with Crippen molar-refractivity contribution in [1.82, 2.24) is 30.2 Å². The Balaban J connectivity index is 1.61. The van der Waals surface area contributed by atoms with Crippen LogP contribution in [0.5, 0.6) is 0 Å². The molecule has 3 heterocycles. The quantitative estimate of drug-likeness (QED) is 0.315. The van der Waals surface area contributed by atoms with Gasteiger partial charge in [-0.05, 0) is 44.7 Å². The predicted octanol–water partition coefficient (Wildman–Crippen LogP) is 0.769. The second kappa shape index (κ2) is 12.3. The number of carbonyl (C=O) groups is 3. The summed E-state index contributed by atoms with van der Waals surface area (Å²) in [5.41, 5.74) is 13.8. The molecule has 0 saturated carbocycles. The monoisotopic (exact) mass is 496 g/mol. The molecule has 3 aromatic heterocycles. The van der Waals surface area contributed by atoms with Crippen molar-refractivity contribution in [3.8, 4) is 0 Å². The van der Waals surface area contributed by atoms with E-state index in [-0.39, 0.29) is 43.5 Å². The largest absolute Gasteiger partial charge is 0.466 e. The topological polar surface area (TPSA) is 198 Å². The van der Waals surface area contributed by atoms with Crippen molar-refractivity contribution in [3.63, 3.8) is 0 Å². The first-order valence-corrected chi connectivity index (χ1v) is 11.4. The van der Waals surface area contributed by atoms with E-state index in [2.05, 4.69) is 30.2 Å². The van der Waals surface area contributed by atoms with Crippen LogP contribution in [0.2, 0.25) is 0 Å². The Bertz CT molecular complexity index is 1240. The van der Waals surface area contributed by atoms with Crippen molar-refractivity contribution in [2.45, 2.75) is 45.6 Å². The van der Waals surface area contributed by atoms with Crippen molar-refractivity contribution in [1.29, 1.82) is 0 Å². The van der Waals surface area contributed by atoms with Crippen LogP contribution in [0.25, 0.3) is 11.2 Å². The van der Waals surface area contributed by atoms with Gasteiger partial charge in [-0.15, -0.1) is 0 Å². The second-order valence-electron chi connectivity index (χ2n) is 7.67. The number of ether oxygens (including phenoxy) is 2. The van der Waals surface area contributed by atoms with E-state index in [1.807, 2.05) is 0 Å². The summed E-state index contributed by atoms with van der Waals surface area (Å²) in [6.45, 7) is 3.72. The van der Waals surface area contributed by atoms with Crippen molar-refractivity contribution in [2.75, 3.05) is 24.7 Å². The lowest BCUT2D eigenvalue weighted by atomic mass is 10.1. The summed E-state index contributed by atoms with van der Waals surface area (Å²) < 4.78 is 9.89. The number of nitrogens with zero attached hydrogens (tertiary/aromatic N) is 5. The van der Waals surface area contributed by atoms with Gasteiger partial charge in [-0.2, -0.15) is 9.97 Å². The minimum absolute atomic E-state index is 0.0322. The molecule has 0 aliphatic carbocycles. The number of nitrogen functional groups attached to an aromatic ring is 2. The van der Waals surface area contributed by atoms with Crippen LogP contribution in [0.3, 0.4) is 0 Å². The Kier molecular flexibility index (Phi) is 8.97. The number of hydrogen-bond donors (Lipinski definition) is 3. The van der Waals surface area contributed by atoms with Crippen LogP contribution in [-0.4, -0.2) is 62.0 Å². The number of aromatic nitrogens is 5. The lowest BCUT2D eigenvalue weighted by molar-refractivity contribution is -0.146. The highest BCUT2D eigenvalue weighted by Crippen LogP contribution is 2.15. The summed E-state index contributed by atoms with van der Waals surface area (Å²) >= 11 is 0. The maximum absolute atomic E-state index is 12.7. The van der Waals surface area contributed by atoms with E-state index in [1.54, 1.807) is 38.4 Å². The summed E-state index contributed by atoms with van der Waals surface area (Å²) in [4.78, 5) is 57.3. The molecule has 0 spiro atoms. The van der Waals surface area contributed by atoms with Crippen molar-refractivity contribution < 1.29 is 23.9 Å². The number of fused-ring (bicyclic) bond motifs is 1. The number of amides is 1. The van der Waals surface area contributed by atoms with Crippen LogP contribution in [-0.2, 0) is 31.9 Å². The van der Waals surface area contributed by atoms with E-state index in [9.17, 15) is 14.4 Å². The van der Waals surface area contributed by atoms with Crippen LogP contribution in [0.15, 0.2) is 24.5 Å². The first-order chi connectivity index (χ1) is 17.3. The minimum atomic E-state index is -0.999. The van der Waals surface area contributed by atoms with Crippen molar-refractivity contribution in [3.05, 3.63) is 41.5 Å². The van der Waals surface area contributed by atoms with E-state index in [4.69, 9.17) is 20.9 Å². The Morgan fingerprint density at radius 3 is 2.44 bits per heavy atom. The van der Waals surface area contributed by atoms with Crippen LogP contribution in [0, 0.1) is 0 Å². The van der Waals surface area contributed by atoms with Gasteiger partial charge in [-0.25, -0.2) is 14.8 Å². The lowest BCUT2D eigenvalue weighted by Gasteiger charge is -2.16. The fourth-order valence-corrected chi connectivity index (χ4v) is 3.30. The number of pyridine rings is 1. The van der Waals surface area contributed by atoms with Gasteiger partial charge in [0.2, 0.25) is 5.95 Å². The third-order valence-electron chi connectivity index (χ3n) is 5.05. The number of anilines is 2. The molecule has 0 aliphatic heterocycles. The molecule has 36 heavy (non-hydrogen) atoms. The summed E-state index contributed by atoms with van der Waals surface area (Å²) in [6, 6.07) is 2.31. The van der Waals surface area contributed by atoms with Crippen molar-refractivity contribution >= 4 is 40.8 Å². The van der Waals surface area contributed by atoms with Gasteiger partial charge in [-0.3, -0.25) is 14.6 Å². The number of carbonyl (C=O) groups excluding carboxylic acids is 3. The molecule has 3 aromatic rings. The van der Waals surface area contributed by atoms with E-state index in [0.29, 0.717) is 29.7 Å². The van der Waals surface area contributed by atoms with Crippen LogP contribution in [0.1, 0.15) is 48.4 Å². The van der Waals surface area contributed by atoms with Gasteiger partial charge in [0.25, 0.3) is 5.91 Å². The standard InChI is InChI=1S/C23H28N8O5/c1-3-35-17(32)10-9-16(22(34)36-4-2)29-21(33)15-8-6-13(11-26-15)5-7-14-12-27-20-18(28-14)19(24)30-23(25)31-20/h6,8,11-12,16H,3-5,7,9-10H2,1-2H3,(H,29,33)(H4,24,25,27,30,31)/t16-/m0/s1. The van der Waals surface area contributed by atoms with E-state index < -0.39 is 23.9 Å². The predicted molar refractivity (Wildman–Crippen MR) is 129 cm³/mol. The summed E-state index contributed by atoms with van der Waals surface area (Å²) in [6.07, 6.45) is 4.30. The van der Waals surface area contributed by atoms with E-state index >= 15 is 0 Å². The maximum atomic E-state index is 12.7. The van der Waals surface area contributed by atoms with Crippen LogP contribution >= 0.6 is 0 Å². The van der Waals surface area contributed by atoms with Crippen molar-refractivity contribution in [2.24, 2.45) is 0 Å². The van der Waals surface area contributed by atoms with E-state index in [0.717, 1.165) is 5.56 Å². The number of aryl methyl sites for hydroxylation is 2. The fraction of sp³-hybridized carbons (Fsp3) is 0.391. The number of nitrogens with one attached hydrogen (secondary N) is 1. The molecule has 13 nitrogen and oxygen atoms in total. The van der Waals surface area contributed by atoms with Gasteiger partial charge >= 0.3 is 11.9 Å². The van der Waals surface area contributed by atoms with Crippen LogP contribution < -0.4 is 16.8 Å². The molecule has 13 heteroatoms. The number of rotatable bonds is 11. The molecule has 0 aromatic carbocycles. The molecule has 3 rings (SSSR count). The van der Waals surface area contributed by atoms with Gasteiger partial charge < -0.3 is 26.3 Å². The van der Waals surface area contributed by atoms with E-state index in [1.165, 1.54) is 0 Å². The first kappa shape index (κ1) is 26.2. The highest BCUT2D eigenvalue weighted by atomic mass is 16.5. The normalized spacial score (nSPS) is 11.6. The molecule has 0 bridgehead atoms. The molecule has 0 unspecified atom stereocenters. The zero-order chi connectivity index (χ0) is 26.1. The molecule has 1 atom stereocenters. The zero-order valence-electron chi connectivity index (χ0n) is 20.1. The average Bonchev–Trinajstić information content (AvgIpc) is 2.85. The molecule has 0 saturated heterocycles. The molecule has 0 radical (unpaired) electrons. The molecule has 0 aliphatic rings. The van der Waals surface area contributed by atoms with Gasteiger partial charge in [-0.1, -0.05) is 6.07 Å². The third-order valence-corrected chi connectivity index (χ3v) is 5.05. The van der Waals surface area contributed by atoms with Crippen LogP contribution in [0.4, 0.5) is 11.8 Å². The smallest absolute Gasteiger partial charge is 0.328 e. The third kappa shape index (κ3) is 7.04. The SMILES string of the molecule is CCOC(=O)CC[C@H](NC(=O)c1ccc(CCc2cnc3nc(N)nc(N)c3n2)cn1)C(=O)OCC. The van der Waals surface area contributed by atoms with Gasteiger partial charge in [0.15, 0.2) is 17.0 Å². The highest BCUT2D eigenvalue weighted by Gasteiger charge is 2.24. The Hall–Kier alpha value is -4.42. The number of hydrogen-bond acceptors (Lipinski definition) is 12. The summed E-state index contributed by atoms with van der Waals surface area (Å²) in [7, 11) is 0.